The van der Waals surface area contributed by atoms with E-state index in [1.165, 1.54) is 36.2 Å². The predicted molar refractivity (Wildman–Crippen MR) is 104 cm³/mol. The summed E-state index contributed by atoms with van der Waals surface area (Å²) in [6.07, 6.45) is 1.38. The fourth-order valence-corrected chi connectivity index (χ4v) is 3.79. The molecule has 0 aliphatic rings. The third-order valence-electron chi connectivity index (χ3n) is 4.13. The Balaban J connectivity index is 1.73. The molecule has 0 aliphatic heterocycles. The number of fused-ring (bicyclic) bond motifs is 3. The third-order valence-corrected chi connectivity index (χ3v) is 5.17. The van der Waals surface area contributed by atoms with Gasteiger partial charge in [-0.3, -0.25) is 9.59 Å². The van der Waals surface area contributed by atoms with Gasteiger partial charge in [0.15, 0.2) is 16.5 Å². The minimum Gasteiger partial charge on any atom is -0.493 e. The summed E-state index contributed by atoms with van der Waals surface area (Å²) in [7, 11) is 3.01. The standard InChI is InChI=1S/C19H15N3O4S/c1-25-14-8-7-11(9-15(14)26-2)17(23)21-12-10-20-19-22(18(12)24)13-5-3-4-6-16(13)27-19/h3-10H,1-2H3,(H,21,23). The van der Waals surface area contributed by atoms with E-state index in [0.29, 0.717) is 22.0 Å². The summed E-state index contributed by atoms with van der Waals surface area (Å²) in [5.41, 5.74) is 0.881. The number of nitrogens with one attached hydrogen (secondary N) is 1. The molecule has 0 bridgehead atoms. The number of nitrogens with zero attached hydrogens (tertiary/aromatic N) is 2. The first-order chi connectivity index (χ1) is 13.1. The van der Waals surface area contributed by atoms with Gasteiger partial charge in [-0.2, -0.15) is 0 Å². The van der Waals surface area contributed by atoms with E-state index < -0.39 is 5.91 Å². The van der Waals surface area contributed by atoms with E-state index in [1.807, 2.05) is 24.3 Å². The molecule has 0 spiro atoms. The average molecular weight is 381 g/mol. The van der Waals surface area contributed by atoms with Crippen molar-refractivity contribution in [3.05, 3.63) is 64.6 Å². The molecule has 27 heavy (non-hydrogen) atoms. The predicted octanol–water partition coefficient (Wildman–Crippen LogP) is 3.18. The van der Waals surface area contributed by atoms with Gasteiger partial charge in [-0.1, -0.05) is 23.5 Å². The number of ether oxygens (including phenoxy) is 2. The highest BCUT2D eigenvalue weighted by Crippen LogP contribution is 2.28. The minimum atomic E-state index is -0.436. The topological polar surface area (TPSA) is 81.9 Å². The smallest absolute Gasteiger partial charge is 0.282 e. The van der Waals surface area contributed by atoms with Gasteiger partial charge >= 0.3 is 0 Å². The molecule has 8 heteroatoms. The number of thiazole rings is 1. The quantitative estimate of drug-likeness (QED) is 0.587. The first-order valence-corrected chi connectivity index (χ1v) is 8.86. The van der Waals surface area contributed by atoms with Crippen LogP contribution in [-0.4, -0.2) is 29.5 Å². The van der Waals surface area contributed by atoms with Crippen LogP contribution in [0.4, 0.5) is 5.69 Å². The van der Waals surface area contributed by atoms with Crippen LogP contribution in [0.1, 0.15) is 10.4 Å². The summed E-state index contributed by atoms with van der Waals surface area (Å²) in [5, 5.41) is 2.64. The van der Waals surface area contributed by atoms with Gasteiger partial charge < -0.3 is 14.8 Å². The van der Waals surface area contributed by atoms with Gasteiger partial charge in [0, 0.05) is 5.56 Å². The number of carbonyl (C=O) groups is 1. The number of benzene rings is 2. The van der Waals surface area contributed by atoms with Crippen LogP contribution in [-0.2, 0) is 0 Å². The van der Waals surface area contributed by atoms with Gasteiger partial charge in [-0.05, 0) is 30.3 Å². The monoisotopic (exact) mass is 381 g/mol. The molecule has 0 saturated carbocycles. The number of anilines is 1. The molecule has 0 radical (unpaired) electrons. The summed E-state index contributed by atoms with van der Waals surface area (Å²) in [6, 6.07) is 12.3. The Labute approximate surface area is 157 Å². The van der Waals surface area contributed by atoms with Gasteiger partial charge in [0.05, 0.1) is 30.6 Å². The highest BCUT2D eigenvalue weighted by atomic mass is 32.1. The van der Waals surface area contributed by atoms with Gasteiger partial charge in [0.2, 0.25) is 0 Å². The SMILES string of the molecule is COc1ccc(C(=O)Nc2cnc3sc4ccccc4n3c2=O)cc1OC. The summed E-state index contributed by atoms with van der Waals surface area (Å²) < 4.78 is 12.8. The molecule has 4 aromatic rings. The second-order valence-electron chi connectivity index (χ2n) is 5.69. The highest BCUT2D eigenvalue weighted by Gasteiger charge is 2.15. The molecule has 0 fully saturated rings. The number of hydrogen-bond acceptors (Lipinski definition) is 6. The zero-order valence-corrected chi connectivity index (χ0v) is 15.4. The molecule has 0 unspecified atom stereocenters. The Kier molecular flexibility index (Phi) is 4.25. The maximum Gasteiger partial charge on any atom is 0.282 e. The van der Waals surface area contributed by atoms with Crippen molar-refractivity contribution in [1.82, 2.24) is 9.38 Å². The zero-order chi connectivity index (χ0) is 19.0. The molecule has 2 heterocycles. The van der Waals surface area contributed by atoms with E-state index in [1.54, 1.807) is 18.2 Å². The number of aromatic nitrogens is 2. The molecule has 7 nitrogen and oxygen atoms in total. The van der Waals surface area contributed by atoms with Crippen LogP contribution < -0.4 is 20.3 Å². The Morgan fingerprint density at radius 1 is 1.11 bits per heavy atom. The molecule has 2 aromatic heterocycles. The molecule has 0 atom stereocenters. The van der Waals surface area contributed by atoms with Crippen LogP contribution in [0.5, 0.6) is 11.5 Å². The molecule has 2 aromatic carbocycles. The maximum absolute atomic E-state index is 12.9. The Bertz CT molecular complexity index is 1230. The van der Waals surface area contributed by atoms with E-state index in [2.05, 4.69) is 10.3 Å². The molecule has 0 saturated heterocycles. The number of hydrogen-bond donors (Lipinski definition) is 1. The fraction of sp³-hybridized carbons (Fsp3) is 0.105. The van der Waals surface area contributed by atoms with E-state index in [4.69, 9.17) is 9.47 Å². The molecule has 4 rings (SSSR count). The van der Waals surface area contributed by atoms with Crippen molar-refractivity contribution in [3.8, 4) is 11.5 Å². The van der Waals surface area contributed by atoms with E-state index in [-0.39, 0.29) is 11.2 Å². The molecule has 1 amide bonds. The first-order valence-electron chi connectivity index (χ1n) is 8.05. The molecule has 136 valence electrons. The Hall–Kier alpha value is -3.39. The van der Waals surface area contributed by atoms with Gasteiger partial charge in [0.25, 0.3) is 11.5 Å². The lowest BCUT2D eigenvalue weighted by Gasteiger charge is -2.10. The van der Waals surface area contributed by atoms with Crippen molar-refractivity contribution >= 4 is 38.1 Å². The summed E-state index contributed by atoms with van der Waals surface area (Å²) >= 11 is 1.42. The molecular formula is C19H15N3O4S. The number of para-hydroxylation sites is 1. The van der Waals surface area contributed by atoms with Crippen molar-refractivity contribution in [2.75, 3.05) is 19.5 Å². The molecule has 0 aliphatic carbocycles. The van der Waals surface area contributed by atoms with Crippen molar-refractivity contribution in [2.45, 2.75) is 0 Å². The third kappa shape index (κ3) is 2.89. The van der Waals surface area contributed by atoms with Gasteiger partial charge in [-0.25, -0.2) is 9.38 Å². The van der Waals surface area contributed by atoms with Crippen LogP contribution >= 0.6 is 11.3 Å². The lowest BCUT2D eigenvalue weighted by Crippen LogP contribution is -2.22. The summed E-state index contributed by atoms with van der Waals surface area (Å²) in [6.45, 7) is 0. The minimum absolute atomic E-state index is 0.107. The number of methoxy groups -OCH3 is 2. The van der Waals surface area contributed by atoms with Crippen molar-refractivity contribution in [2.24, 2.45) is 0 Å². The lowest BCUT2D eigenvalue weighted by atomic mass is 10.2. The van der Waals surface area contributed by atoms with Gasteiger partial charge in [0.1, 0.15) is 5.69 Å². The van der Waals surface area contributed by atoms with E-state index in [0.717, 1.165) is 10.2 Å². The second kappa shape index (κ2) is 6.73. The van der Waals surface area contributed by atoms with E-state index >= 15 is 0 Å². The van der Waals surface area contributed by atoms with Crippen LogP contribution in [0.15, 0.2) is 53.5 Å². The zero-order valence-electron chi connectivity index (χ0n) is 14.6. The van der Waals surface area contributed by atoms with Crippen molar-refractivity contribution in [1.29, 1.82) is 0 Å². The number of carbonyl (C=O) groups excluding carboxylic acids is 1. The fourth-order valence-electron chi connectivity index (χ4n) is 2.81. The average Bonchev–Trinajstić information content (AvgIpc) is 3.08. The summed E-state index contributed by atoms with van der Waals surface area (Å²) in [5.74, 6) is 0.510. The van der Waals surface area contributed by atoms with Crippen LogP contribution in [0.25, 0.3) is 15.2 Å². The molecule has 1 N–H and O–H groups in total. The van der Waals surface area contributed by atoms with Crippen LogP contribution in [0.2, 0.25) is 0 Å². The summed E-state index contributed by atoms with van der Waals surface area (Å²) in [4.78, 5) is 30.3. The Morgan fingerprint density at radius 2 is 1.89 bits per heavy atom. The maximum atomic E-state index is 12.9. The van der Waals surface area contributed by atoms with Crippen LogP contribution in [0.3, 0.4) is 0 Å². The number of amides is 1. The first kappa shape index (κ1) is 17.0. The molecular weight excluding hydrogens is 366 g/mol. The van der Waals surface area contributed by atoms with Crippen LogP contribution in [0, 0.1) is 0 Å². The van der Waals surface area contributed by atoms with E-state index in [9.17, 15) is 9.59 Å². The van der Waals surface area contributed by atoms with Crippen molar-refractivity contribution < 1.29 is 14.3 Å². The highest BCUT2D eigenvalue weighted by molar-refractivity contribution is 7.23. The normalized spacial score (nSPS) is 10.9. The number of rotatable bonds is 4. The van der Waals surface area contributed by atoms with Crippen molar-refractivity contribution in [3.63, 3.8) is 0 Å². The van der Waals surface area contributed by atoms with Gasteiger partial charge in [-0.15, -0.1) is 0 Å². The largest absolute Gasteiger partial charge is 0.493 e. The Morgan fingerprint density at radius 3 is 2.67 bits per heavy atom. The second-order valence-corrected chi connectivity index (χ2v) is 6.70. The lowest BCUT2D eigenvalue weighted by molar-refractivity contribution is 0.102.